The minimum Gasteiger partial charge on any atom is -0.493 e. The summed E-state index contributed by atoms with van der Waals surface area (Å²) in [6, 6.07) is 7.42. The van der Waals surface area contributed by atoms with E-state index in [2.05, 4.69) is 23.3 Å². The SMILES string of the molecule is Cc1cc(C)c(C)c(OCCCNC(=O)COC(=O)c2ccc[nH]2)c1. The van der Waals surface area contributed by atoms with Crippen LogP contribution in [0.25, 0.3) is 0 Å². The number of carbonyl (C=O) groups excluding carboxylic acids is 2. The normalized spacial score (nSPS) is 10.4. The van der Waals surface area contributed by atoms with Gasteiger partial charge in [-0.3, -0.25) is 4.79 Å². The van der Waals surface area contributed by atoms with Crippen LogP contribution in [0, 0.1) is 20.8 Å². The van der Waals surface area contributed by atoms with Crippen molar-refractivity contribution >= 4 is 11.9 Å². The van der Waals surface area contributed by atoms with Gasteiger partial charge in [0.15, 0.2) is 6.61 Å². The molecule has 1 heterocycles. The zero-order chi connectivity index (χ0) is 18.2. The van der Waals surface area contributed by atoms with E-state index in [1.54, 1.807) is 18.3 Å². The average molecular weight is 344 g/mol. The molecule has 134 valence electrons. The summed E-state index contributed by atoms with van der Waals surface area (Å²) in [5, 5.41) is 2.70. The van der Waals surface area contributed by atoms with Crippen molar-refractivity contribution in [3.63, 3.8) is 0 Å². The molecule has 25 heavy (non-hydrogen) atoms. The Morgan fingerprint density at radius 3 is 2.72 bits per heavy atom. The van der Waals surface area contributed by atoms with E-state index < -0.39 is 5.97 Å². The highest BCUT2D eigenvalue weighted by molar-refractivity contribution is 5.89. The zero-order valence-electron chi connectivity index (χ0n) is 14.8. The number of nitrogens with one attached hydrogen (secondary N) is 2. The predicted octanol–water partition coefficient (Wildman–Crippen LogP) is 2.68. The second-order valence-corrected chi connectivity index (χ2v) is 5.92. The molecule has 0 unspecified atom stereocenters. The average Bonchev–Trinajstić information content (AvgIpc) is 3.11. The van der Waals surface area contributed by atoms with Crippen molar-refractivity contribution in [3.05, 3.63) is 52.8 Å². The second-order valence-electron chi connectivity index (χ2n) is 5.92. The van der Waals surface area contributed by atoms with Gasteiger partial charge in [0, 0.05) is 12.7 Å². The summed E-state index contributed by atoms with van der Waals surface area (Å²) < 4.78 is 10.7. The van der Waals surface area contributed by atoms with Gasteiger partial charge in [-0.1, -0.05) is 6.07 Å². The third kappa shape index (κ3) is 5.67. The first kappa shape index (κ1) is 18.6. The Bertz CT molecular complexity index is 723. The highest BCUT2D eigenvalue weighted by Crippen LogP contribution is 2.23. The summed E-state index contributed by atoms with van der Waals surface area (Å²) in [5.74, 6) is -0.0000307. The van der Waals surface area contributed by atoms with E-state index in [4.69, 9.17) is 9.47 Å². The fourth-order valence-electron chi connectivity index (χ4n) is 2.35. The molecule has 2 aromatic rings. The second kappa shape index (κ2) is 8.92. The number of ether oxygens (including phenoxy) is 2. The monoisotopic (exact) mass is 344 g/mol. The van der Waals surface area contributed by atoms with Gasteiger partial charge < -0.3 is 19.8 Å². The van der Waals surface area contributed by atoms with Crippen LogP contribution in [0.1, 0.15) is 33.6 Å². The molecule has 0 aliphatic carbocycles. The lowest BCUT2D eigenvalue weighted by atomic mass is 10.1. The summed E-state index contributed by atoms with van der Waals surface area (Å²) in [6.45, 7) is 6.80. The van der Waals surface area contributed by atoms with E-state index in [0.29, 0.717) is 25.3 Å². The summed E-state index contributed by atoms with van der Waals surface area (Å²) in [6.07, 6.45) is 2.29. The van der Waals surface area contributed by atoms with Gasteiger partial charge in [0.2, 0.25) is 0 Å². The lowest BCUT2D eigenvalue weighted by Gasteiger charge is -2.12. The Kier molecular flexibility index (Phi) is 6.62. The number of benzene rings is 1. The number of H-pyrrole nitrogens is 1. The number of hydrogen-bond donors (Lipinski definition) is 2. The van der Waals surface area contributed by atoms with Crippen LogP contribution in [0.2, 0.25) is 0 Å². The van der Waals surface area contributed by atoms with E-state index in [1.807, 2.05) is 19.9 Å². The molecule has 0 saturated carbocycles. The van der Waals surface area contributed by atoms with Crippen molar-refractivity contribution in [2.24, 2.45) is 0 Å². The Hall–Kier alpha value is -2.76. The van der Waals surface area contributed by atoms with Crippen molar-refractivity contribution in [1.82, 2.24) is 10.3 Å². The predicted molar refractivity (Wildman–Crippen MR) is 94.8 cm³/mol. The van der Waals surface area contributed by atoms with Crippen LogP contribution in [0.5, 0.6) is 5.75 Å². The largest absolute Gasteiger partial charge is 0.493 e. The smallest absolute Gasteiger partial charge is 0.355 e. The fourth-order valence-corrected chi connectivity index (χ4v) is 2.35. The Balaban J connectivity index is 1.63. The molecular weight excluding hydrogens is 320 g/mol. The number of carbonyl (C=O) groups is 2. The van der Waals surface area contributed by atoms with Gasteiger partial charge in [0.1, 0.15) is 11.4 Å². The van der Waals surface area contributed by atoms with Gasteiger partial charge in [-0.05, 0) is 62.1 Å². The number of amides is 1. The molecule has 0 saturated heterocycles. The zero-order valence-corrected chi connectivity index (χ0v) is 14.8. The molecule has 6 heteroatoms. The highest BCUT2D eigenvalue weighted by Gasteiger charge is 2.10. The Morgan fingerprint density at radius 1 is 1.20 bits per heavy atom. The van der Waals surface area contributed by atoms with Crippen molar-refractivity contribution < 1.29 is 19.1 Å². The fraction of sp³-hybridized carbons (Fsp3) is 0.368. The Labute approximate surface area is 147 Å². The third-order valence-corrected chi connectivity index (χ3v) is 3.82. The van der Waals surface area contributed by atoms with E-state index in [0.717, 1.165) is 16.9 Å². The molecule has 2 N–H and O–H groups in total. The maximum Gasteiger partial charge on any atom is 0.355 e. The van der Waals surface area contributed by atoms with Crippen LogP contribution in [0.3, 0.4) is 0 Å². The van der Waals surface area contributed by atoms with Crippen LogP contribution < -0.4 is 10.1 Å². The first-order valence-corrected chi connectivity index (χ1v) is 8.25. The van der Waals surface area contributed by atoms with E-state index in [9.17, 15) is 9.59 Å². The summed E-state index contributed by atoms with van der Waals surface area (Å²) in [5.41, 5.74) is 3.82. The van der Waals surface area contributed by atoms with Crippen LogP contribution in [0.15, 0.2) is 30.5 Å². The minimum absolute atomic E-state index is 0.297. The van der Waals surface area contributed by atoms with Gasteiger partial charge in [-0.2, -0.15) is 0 Å². The van der Waals surface area contributed by atoms with E-state index in [-0.39, 0.29) is 12.5 Å². The standard InChI is InChI=1S/C19H24N2O4/c1-13-10-14(2)15(3)17(11-13)24-9-5-8-21-18(22)12-25-19(23)16-6-4-7-20-16/h4,6-7,10-11,20H,5,8-9,12H2,1-3H3,(H,21,22). The summed E-state index contributed by atoms with van der Waals surface area (Å²) >= 11 is 0. The number of hydrogen-bond acceptors (Lipinski definition) is 4. The van der Waals surface area contributed by atoms with Crippen molar-refractivity contribution in [2.45, 2.75) is 27.2 Å². The molecule has 0 bridgehead atoms. The maximum absolute atomic E-state index is 11.7. The molecule has 0 aliphatic rings. The van der Waals surface area contributed by atoms with Crippen molar-refractivity contribution in [3.8, 4) is 5.75 Å². The molecule has 1 aromatic carbocycles. The lowest BCUT2D eigenvalue weighted by Crippen LogP contribution is -2.30. The number of aromatic amines is 1. The molecule has 1 amide bonds. The van der Waals surface area contributed by atoms with Gasteiger partial charge in [-0.15, -0.1) is 0 Å². The van der Waals surface area contributed by atoms with Crippen LogP contribution in [-0.2, 0) is 9.53 Å². The minimum atomic E-state index is -0.547. The van der Waals surface area contributed by atoms with Gasteiger partial charge in [-0.25, -0.2) is 4.79 Å². The molecule has 0 radical (unpaired) electrons. The number of aromatic nitrogens is 1. The maximum atomic E-state index is 11.7. The van der Waals surface area contributed by atoms with Crippen LogP contribution >= 0.6 is 0 Å². The van der Waals surface area contributed by atoms with Gasteiger partial charge in [0.25, 0.3) is 5.91 Å². The summed E-state index contributed by atoms with van der Waals surface area (Å²) in [4.78, 5) is 26.0. The lowest BCUT2D eigenvalue weighted by molar-refractivity contribution is -0.124. The molecule has 0 spiro atoms. The number of esters is 1. The molecule has 0 fully saturated rings. The van der Waals surface area contributed by atoms with Gasteiger partial charge >= 0.3 is 5.97 Å². The van der Waals surface area contributed by atoms with Crippen molar-refractivity contribution in [1.29, 1.82) is 0 Å². The van der Waals surface area contributed by atoms with E-state index >= 15 is 0 Å². The van der Waals surface area contributed by atoms with Crippen molar-refractivity contribution in [2.75, 3.05) is 19.8 Å². The highest BCUT2D eigenvalue weighted by atomic mass is 16.5. The molecular formula is C19H24N2O4. The Morgan fingerprint density at radius 2 is 2.00 bits per heavy atom. The molecule has 6 nitrogen and oxygen atoms in total. The quantitative estimate of drug-likeness (QED) is 0.570. The van der Waals surface area contributed by atoms with Crippen LogP contribution in [0.4, 0.5) is 0 Å². The first-order chi connectivity index (χ1) is 12.0. The summed E-state index contributed by atoms with van der Waals surface area (Å²) in [7, 11) is 0. The number of aryl methyl sites for hydroxylation is 2. The van der Waals surface area contributed by atoms with E-state index in [1.165, 1.54) is 5.56 Å². The third-order valence-electron chi connectivity index (χ3n) is 3.82. The molecule has 0 aliphatic heterocycles. The van der Waals surface area contributed by atoms with Crippen LogP contribution in [-0.4, -0.2) is 36.6 Å². The molecule has 0 atom stereocenters. The van der Waals surface area contributed by atoms with Gasteiger partial charge in [0.05, 0.1) is 6.61 Å². The number of rotatable bonds is 8. The molecule has 1 aromatic heterocycles. The molecule has 2 rings (SSSR count). The first-order valence-electron chi connectivity index (χ1n) is 8.25. The topological polar surface area (TPSA) is 80.4 Å².